The smallest absolute Gasteiger partial charge is 0.0278 e. The van der Waals surface area contributed by atoms with Crippen molar-refractivity contribution in [3.8, 4) is 11.8 Å². The van der Waals surface area contributed by atoms with Crippen molar-refractivity contribution in [1.82, 2.24) is 0 Å². The van der Waals surface area contributed by atoms with Gasteiger partial charge in [0.1, 0.15) is 0 Å². The average Bonchev–Trinajstić information content (AvgIpc) is 2.02. The summed E-state index contributed by atoms with van der Waals surface area (Å²) in [5, 5.41) is 0. The highest BCUT2D eigenvalue weighted by Gasteiger charge is 2.64. The highest BCUT2D eigenvalue weighted by Crippen LogP contribution is 2.66. The first kappa shape index (κ1) is 2.77. The highest BCUT2D eigenvalue weighted by atomic mass is 14.7. The first-order chi connectivity index (χ1) is 3.47. The van der Waals surface area contributed by atoms with Crippen LogP contribution in [-0.4, -0.2) is 0 Å². The van der Waals surface area contributed by atoms with E-state index in [0.29, 0.717) is 0 Å². The summed E-state index contributed by atoms with van der Waals surface area (Å²) < 4.78 is 0. The van der Waals surface area contributed by atoms with Gasteiger partial charge in [0.05, 0.1) is 0 Å². The Balaban J connectivity index is 2.26. The molecule has 0 aromatic rings. The second kappa shape index (κ2) is 0.545. The molecular weight excluding hydrogens is 84.1 g/mol. The molecule has 0 aliphatic heterocycles. The van der Waals surface area contributed by atoms with Crippen LogP contribution in [0.3, 0.4) is 0 Å². The number of hydrogen-bond donors (Lipinski definition) is 0. The molecule has 7 heavy (non-hydrogen) atoms. The molecule has 0 aromatic heterocycles. The normalized spacial score (nSPS) is 67.4. The van der Waals surface area contributed by atoms with Crippen molar-refractivity contribution in [3.63, 3.8) is 0 Å². The Labute approximate surface area is 42.9 Å². The van der Waals surface area contributed by atoms with Crippen LogP contribution >= 0.6 is 0 Å². The van der Waals surface area contributed by atoms with Crippen LogP contribution in [0.4, 0.5) is 0 Å². The van der Waals surface area contributed by atoms with E-state index in [1.807, 2.05) is 0 Å². The summed E-state index contributed by atoms with van der Waals surface area (Å²) in [7, 11) is 0. The zero-order valence-corrected chi connectivity index (χ0v) is 4.02. The molecule has 0 spiro atoms. The molecule has 2 fully saturated rings. The fraction of sp³-hybridized carbons (Fsp3) is 0.714. The lowest BCUT2D eigenvalue weighted by atomic mass is 9.86. The lowest BCUT2D eigenvalue weighted by Gasteiger charge is -2.16. The second-order valence-electron chi connectivity index (χ2n) is 2.90. The van der Waals surface area contributed by atoms with Gasteiger partial charge in [-0.1, -0.05) is 11.8 Å². The van der Waals surface area contributed by atoms with Crippen LogP contribution in [-0.2, 0) is 0 Å². The Hall–Kier alpha value is -0.440. The minimum Gasteiger partial charge on any atom is -0.0992 e. The fourth-order valence-corrected chi connectivity index (χ4v) is 2.07. The van der Waals surface area contributed by atoms with E-state index < -0.39 is 0 Å². The summed E-state index contributed by atoms with van der Waals surface area (Å²) >= 11 is 0. The van der Waals surface area contributed by atoms with Crippen molar-refractivity contribution in [2.75, 3.05) is 0 Å². The molecule has 3 rings (SSSR count). The first-order valence-electron chi connectivity index (χ1n) is 2.98. The van der Waals surface area contributed by atoms with E-state index in [1.165, 1.54) is 6.42 Å². The molecule has 4 atom stereocenters. The third-order valence-electron chi connectivity index (χ3n) is 2.66. The summed E-state index contributed by atoms with van der Waals surface area (Å²) in [6.07, 6.45) is 1.45. The molecule has 0 radical (unpaired) electrons. The van der Waals surface area contributed by atoms with Gasteiger partial charge in [-0.2, -0.15) is 0 Å². The van der Waals surface area contributed by atoms with Gasteiger partial charge in [-0.05, 0) is 18.3 Å². The lowest BCUT2D eigenvalue weighted by molar-refractivity contribution is 0.370. The first-order valence-corrected chi connectivity index (χ1v) is 2.98. The monoisotopic (exact) mass is 90.0 g/mol. The quantitative estimate of drug-likeness (QED) is 0.387. The van der Waals surface area contributed by atoms with E-state index in [0.717, 1.165) is 23.7 Å². The molecule has 0 heterocycles. The largest absolute Gasteiger partial charge is 0.0992 e. The van der Waals surface area contributed by atoms with Crippen molar-refractivity contribution in [3.05, 3.63) is 0 Å². The average molecular weight is 90.1 g/mol. The molecule has 0 heteroatoms. The van der Waals surface area contributed by atoms with E-state index in [9.17, 15) is 0 Å². The molecule has 0 N–H and O–H groups in total. The van der Waals surface area contributed by atoms with Gasteiger partial charge in [0.15, 0.2) is 0 Å². The summed E-state index contributed by atoms with van der Waals surface area (Å²) in [5.41, 5.74) is 0. The lowest BCUT2D eigenvalue weighted by Crippen LogP contribution is -2.12. The van der Waals surface area contributed by atoms with Crippen LogP contribution in [0.15, 0.2) is 0 Å². The third-order valence-corrected chi connectivity index (χ3v) is 2.66. The number of fused-ring (bicyclic) bond motifs is 1. The van der Waals surface area contributed by atoms with Gasteiger partial charge >= 0.3 is 0 Å². The van der Waals surface area contributed by atoms with Gasteiger partial charge in [0, 0.05) is 11.8 Å². The molecule has 0 amide bonds. The zero-order chi connectivity index (χ0) is 4.43. The van der Waals surface area contributed by atoms with Crippen molar-refractivity contribution in [1.29, 1.82) is 0 Å². The van der Waals surface area contributed by atoms with Crippen molar-refractivity contribution >= 4 is 0 Å². The summed E-state index contributed by atoms with van der Waals surface area (Å²) in [6, 6.07) is 0. The van der Waals surface area contributed by atoms with Crippen molar-refractivity contribution < 1.29 is 0 Å². The highest BCUT2D eigenvalue weighted by molar-refractivity contribution is 5.36. The Morgan fingerprint density at radius 3 is 2.43 bits per heavy atom. The van der Waals surface area contributed by atoms with Crippen molar-refractivity contribution in [2.45, 2.75) is 6.42 Å². The standard InChI is InChI=1S/C7H6/c1-2-5-6-3-4(1)7(5)6/h4-7H,3H2/t4?,5?,6-,7-/m1/s1. The molecule has 2 unspecified atom stereocenters. The summed E-state index contributed by atoms with van der Waals surface area (Å²) in [5.74, 6) is 10.4. The molecular formula is C7H6. The van der Waals surface area contributed by atoms with Gasteiger partial charge in [-0.3, -0.25) is 0 Å². The van der Waals surface area contributed by atoms with Gasteiger partial charge in [0.2, 0.25) is 0 Å². The van der Waals surface area contributed by atoms with Gasteiger partial charge in [-0.25, -0.2) is 0 Å². The summed E-state index contributed by atoms with van der Waals surface area (Å²) in [4.78, 5) is 0. The van der Waals surface area contributed by atoms with Crippen LogP contribution in [0.5, 0.6) is 0 Å². The maximum Gasteiger partial charge on any atom is 0.0278 e. The van der Waals surface area contributed by atoms with Crippen LogP contribution < -0.4 is 0 Å². The van der Waals surface area contributed by atoms with E-state index in [2.05, 4.69) is 11.8 Å². The molecule has 3 aliphatic carbocycles. The van der Waals surface area contributed by atoms with Crippen molar-refractivity contribution in [2.24, 2.45) is 23.7 Å². The minimum absolute atomic E-state index is 0.870. The zero-order valence-electron chi connectivity index (χ0n) is 4.02. The van der Waals surface area contributed by atoms with Crippen LogP contribution in [0, 0.1) is 35.5 Å². The predicted molar refractivity (Wildman–Crippen MR) is 26.4 cm³/mol. The predicted octanol–water partition coefficient (Wildman–Crippen LogP) is 0.885. The molecule has 0 nitrogen and oxygen atoms in total. The van der Waals surface area contributed by atoms with E-state index >= 15 is 0 Å². The number of hydrogen-bond acceptors (Lipinski definition) is 0. The molecule has 0 bridgehead atoms. The van der Waals surface area contributed by atoms with E-state index in [1.54, 1.807) is 0 Å². The van der Waals surface area contributed by atoms with E-state index in [-0.39, 0.29) is 0 Å². The Morgan fingerprint density at radius 1 is 1.29 bits per heavy atom. The van der Waals surface area contributed by atoms with E-state index in [4.69, 9.17) is 0 Å². The molecule has 2 saturated carbocycles. The Bertz CT molecular complexity index is 172. The topological polar surface area (TPSA) is 0 Å². The Morgan fingerprint density at radius 2 is 2.29 bits per heavy atom. The molecule has 0 aromatic carbocycles. The maximum atomic E-state index is 3.24. The molecule has 3 aliphatic rings. The summed E-state index contributed by atoms with van der Waals surface area (Å²) in [6.45, 7) is 0. The number of rotatable bonds is 0. The Kier molecular flexibility index (Phi) is 0.216. The fourth-order valence-electron chi connectivity index (χ4n) is 2.07. The third kappa shape index (κ3) is 0.138. The molecule has 0 saturated heterocycles. The second-order valence-corrected chi connectivity index (χ2v) is 2.90. The maximum absolute atomic E-state index is 3.24. The van der Waals surface area contributed by atoms with Gasteiger partial charge < -0.3 is 0 Å². The van der Waals surface area contributed by atoms with Crippen LogP contribution in [0.25, 0.3) is 0 Å². The van der Waals surface area contributed by atoms with Gasteiger partial charge in [0.25, 0.3) is 0 Å². The SMILES string of the molecule is C1#CC2[C@H]3C1C[C@H]23. The minimum atomic E-state index is 0.870. The van der Waals surface area contributed by atoms with Crippen LogP contribution in [0.1, 0.15) is 6.42 Å². The van der Waals surface area contributed by atoms with Crippen LogP contribution in [0.2, 0.25) is 0 Å². The molecule has 34 valence electrons. The van der Waals surface area contributed by atoms with Gasteiger partial charge in [-0.15, -0.1) is 0 Å².